The van der Waals surface area contributed by atoms with Gasteiger partial charge in [-0.05, 0) is 88.8 Å². The van der Waals surface area contributed by atoms with Gasteiger partial charge in [0.1, 0.15) is 0 Å². The van der Waals surface area contributed by atoms with Crippen LogP contribution in [0, 0.1) is 11.8 Å². The third-order valence-corrected chi connectivity index (χ3v) is 7.54. The fourth-order valence-electron chi connectivity index (χ4n) is 5.24. The Morgan fingerprint density at radius 1 is 1.14 bits per heavy atom. The normalized spacial score (nSPS) is 21.1. The first kappa shape index (κ1) is 26.8. The summed E-state index contributed by atoms with van der Waals surface area (Å²) in [6, 6.07) is 6.93. The van der Waals surface area contributed by atoms with Crippen LogP contribution in [0.1, 0.15) is 53.7 Å². The Morgan fingerprint density at radius 2 is 1.81 bits per heavy atom. The van der Waals surface area contributed by atoms with Crippen LogP contribution in [0.3, 0.4) is 0 Å². The average molecular weight is 519 g/mol. The van der Waals surface area contributed by atoms with Crippen LogP contribution in [0.5, 0.6) is 0 Å². The predicted molar refractivity (Wildman–Crippen MR) is 133 cm³/mol. The number of anilines is 2. The molecule has 0 radical (unpaired) electrons. The van der Waals surface area contributed by atoms with Crippen LogP contribution in [-0.4, -0.2) is 64.8 Å². The molecule has 3 N–H and O–H groups in total. The Bertz CT molecular complexity index is 1120. The van der Waals surface area contributed by atoms with Crippen molar-refractivity contribution in [2.24, 2.45) is 17.6 Å². The van der Waals surface area contributed by atoms with Crippen LogP contribution in [0.2, 0.25) is 0 Å². The molecule has 1 saturated carbocycles. The highest BCUT2D eigenvalue weighted by molar-refractivity contribution is 5.94. The van der Waals surface area contributed by atoms with Gasteiger partial charge in [-0.3, -0.25) is 9.59 Å². The number of benzene rings is 1. The van der Waals surface area contributed by atoms with Crippen LogP contribution in [0.25, 0.3) is 0 Å². The molecular formula is C26H33F3N6O2. The van der Waals surface area contributed by atoms with E-state index in [2.05, 4.69) is 27.2 Å². The summed E-state index contributed by atoms with van der Waals surface area (Å²) in [6.07, 6.45) is -0.189. The first-order valence-corrected chi connectivity index (χ1v) is 12.6. The molecule has 200 valence electrons. The highest BCUT2D eigenvalue weighted by Crippen LogP contribution is 2.37. The molecule has 2 fully saturated rings. The summed E-state index contributed by atoms with van der Waals surface area (Å²) in [5, 5.41) is 2.94. The molecule has 1 aliphatic heterocycles. The lowest BCUT2D eigenvalue weighted by molar-refractivity contribution is -0.138. The fraction of sp³-hybridized carbons (Fsp3) is 0.538. The van der Waals surface area contributed by atoms with Crippen LogP contribution >= 0.6 is 0 Å². The third kappa shape index (κ3) is 6.57. The number of hydrogen-bond donors (Lipinski definition) is 2. The highest BCUT2D eigenvalue weighted by Gasteiger charge is 2.37. The van der Waals surface area contributed by atoms with Gasteiger partial charge in [0.25, 0.3) is 5.91 Å². The minimum Gasteiger partial charge on any atom is -0.369 e. The van der Waals surface area contributed by atoms with Gasteiger partial charge in [-0.2, -0.15) is 13.2 Å². The van der Waals surface area contributed by atoms with Crippen LogP contribution in [0.4, 0.5) is 24.8 Å². The minimum absolute atomic E-state index is 0.0370. The van der Waals surface area contributed by atoms with E-state index in [-0.39, 0.29) is 41.8 Å². The van der Waals surface area contributed by atoms with E-state index in [1.165, 1.54) is 0 Å². The summed E-state index contributed by atoms with van der Waals surface area (Å²) in [5.41, 5.74) is 5.48. The zero-order chi connectivity index (χ0) is 26.7. The molecule has 0 spiro atoms. The lowest BCUT2D eigenvalue weighted by Gasteiger charge is -2.35. The summed E-state index contributed by atoms with van der Waals surface area (Å²) in [4.78, 5) is 36.5. The Hall–Kier alpha value is -3.21. The maximum Gasteiger partial charge on any atom is 0.419 e. The number of halogens is 3. The number of rotatable bonds is 7. The lowest BCUT2D eigenvalue weighted by atomic mass is 9.97. The number of amides is 2. The van der Waals surface area contributed by atoms with Gasteiger partial charge in [0, 0.05) is 36.5 Å². The van der Waals surface area contributed by atoms with Crippen molar-refractivity contribution in [2.75, 3.05) is 32.5 Å². The number of primary amides is 1. The Labute approximate surface area is 214 Å². The van der Waals surface area contributed by atoms with Gasteiger partial charge in [-0.1, -0.05) is 0 Å². The van der Waals surface area contributed by atoms with Crippen molar-refractivity contribution in [3.63, 3.8) is 0 Å². The van der Waals surface area contributed by atoms with E-state index < -0.39 is 17.6 Å². The summed E-state index contributed by atoms with van der Waals surface area (Å²) in [5.74, 6) is -0.857. The number of hydrogen-bond acceptors (Lipinski definition) is 6. The Kier molecular flexibility index (Phi) is 8.01. The maximum absolute atomic E-state index is 13.6. The van der Waals surface area contributed by atoms with Crippen molar-refractivity contribution in [2.45, 2.75) is 50.7 Å². The quantitative estimate of drug-likeness (QED) is 0.577. The molecule has 11 heteroatoms. The van der Waals surface area contributed by atoms with Gasteiger partial charge >= 0.3 is 6.18 Å². The van der Waals surface area contributed by atoms with Gasteiger partial charge in [0.15, 0.2) is 0 Å². The van der Waals surface area contributed by atoms with Gasteiger partial charge in [0.2, 0.25) is 11.9 Å². The maximum atomic E-state index is 13.6. The minimum atomic E-state index is -4.59. The summed E-state index contributed by atoms with van der Waals surface area (Å²) in [7, 11) is 3.89. The number of piperidine rings is 1. The molecule has 4 rings (SSSR count). The molecule has 37 heavy (non-hydrogen) atoms. The topological polar surface area (TPSA) is 104 Å². The molecule has 2 amide bonds. The zero-order valence-electron chi connectivity index (χ0n) is 21.1. The van der Waals surface area contributed by atoms with Crippen LogP contribution in [-0.2, 0) is 17.4 Å². The van der Waals surface area contributed by atoms with Crippen molar-refractivity contribution in [3.8, 4) is 0 Å². The molecule has 0 bridgehead atoms. The van der Waals surface area contributed by atoms with E-state index in [4.69, 9.17) is 5.73 Å². The summed E-state index contributed by atoms with van der Waals surface area (Å²) in [6.45, 7) is 1.90. The molecule has 1 unspecified atom stereocenters. The largest absolute Gasteiger partial charge is 0.419 e. The van der Waals surface area contributed by atoms with Crippen molar-refractivity contribution in [1.82, 2.24) is 19.8 Å². The molecule has 2 atom stereocenters. The first-order chi connectivity index (χ1) is 17.5. The molecular weight excluding hydrogens is 485 g/mol. The smallest absolute Gasteiger partial charge is 0.369 e. The standard InChI is InChI=1S/C26H33F3N6O2/c1-34-11-9-20(10-12-34)35(2)24(37)17-5-7-19(8-6-17)32-25-31-15-21(26(27,28)29)22(33-25)14-16-3-4-18(13-16)23(30)36/h5-8,15-16,18,20H,3-4,9-14H2,1-2H3,(H2,30,36)(H,31,32,33)/t16-,18?/m0/s1. The van der Waals surface area contributed by atoms with E-state index in [0.717, 1.165) is 32.1 Å². The SMILES string of the molecule is CN1CCC(N(C)C(=O)c2ccc(Nc3ncc(C(F)(F)F)c(C[C@H]4CCC(C(N)=O)C4)n3)cc2)CC1. The molecule has 1 aromatic carbocycles. The summed E-state index contributed by atoms with van der Waals surface area (Å²) >= 11 is 0. The van der Waals surface area contributed by atoms with Crippen molar-refractivity contribution in [1.29, 1.82) is 0 Å². The van der Waals surface area contributed by atoms with Crippen LogP contribution in [0.15, 0.2) is 30.5 Å². The van der Waals surface area contributed by atoms with Crippen molar-refractivity contribution >= 4 is 23.5 Å². The number of nitrogens with zero attached hydrogens (tertiary/aromatic N) is 4. The number of carbonyl (C=O) groups is 2. The Balaban J connectivity index is 1.45. The number of nitrogens with two attached hydrogens (primary N) is 1. The number of likely N-dealkylation sites (tertiary alicyclic amines) is 1. The van der Waals surface area contributed by atoms with Crippen LogP contribution < -0.4 is 11.1 Å². The summed E-state index contributed by atoms with van der Waals surface area (Å²) < 4.78 is 40.8. The van der Waals surface area contributed by atoms with Gasteiger partial charge < -0.3 is 20.9 Å². The van der Waals surface area contributed by atoms with E-state index in [0.29, 0.717) is 30.5 Å². The van der Waals surface area contributed by atoms with E-state index in [1.54, 1.807) is 29.2 Å². The van der Waals surface area contributed by atoms with Crippen molar-refractivity contribution < 1.29 is 22.8 Å². The second kappa shape index (κ2) is 11.0. The molecule has 1 aromatic heterocycles. The molecule has 8 nitrogen and oxygen atoms in total. The number of aromatic nitrogens is 2. The monoisotopic (exact) mass is 518 g/mol. The first-order valence-electron chi connectivity index (χ1n) is 12.6. The molecule has 2 heterocycles. The second-order valence-electron chi connectivity index (χ2n) is 10.2. The number of nitrogens with one attached hydrogen (secondary N) is 1. The van der Waals surface area contributed by atoms with E-state index in [1.807, 2.05) is 7.05 Å². The van der Waals surface area contributed by atoms with Crippen molar-refractivity contribution in [3.05, 3.63) is 47.3 Å². The zero-order valence-corrected chi connectivity index (χ0v) is 21.1. The lowest BCUT2D eigenvalue weighted by Crippen LogP contribution is -2.44. The molecule has 1 aliphatic carbocycles. The average Bonchev–Trinajstić information content (AvgIpc) is 3.32. The fourth-order valence-corrected chi connectivity index (χ4v) is 5.24. The molecule has 2 aliphatic rings. The number of alkyl halides is 3. The number of carbonyl (C=O) groups excluding carboxylic acids is 2. The van der Waals surface area contributed by atoms with Gasteiger partial charge in [-0.15, -0.1) is 0 Å². The highest BCUT2D eigenvalue weighted by atomic mass is 19.4. The van der Waals surface area contributed by atoms with E-state index in [9.17, 15) is 22.8 Å². The van der Waals surface area contributed by atoms with Gasteiger partial charge in [-0.25, -0.2) is 9.97 Å². The second-order valence-corrected chi connectivity index (χ2v) is 10.2. The third-order valence-electron chi connectivity index (χ3n) is 7.54. The molecule has 1 saturated heterocycles. The predicted octanol–water partition coefficient (Wildman–Crippen LogP) is 3.85. The molecule has 2 aromatic rings. The van der Waals surface area contributed by atoms with E-state index >= 15 is 0 Å². The Morgan fingerprint density at radius 3 is 2.41 bits per heavy atom. The van der Waals surface area contributed by atoms with Gasteiger partial charge in [0.05, 0.1) is 11.3 Å².